The normalized spacial score (nSPS) is 12.0. The van der Waals surface area contributed by atoms with Crippen LogP contribution in [0.1, 0.15) is 18.4 Å². The third kappa shape index (κ3) is 2.70. The van der Waals surface area contributed by atoms with Crippen molar-refractivity contribution in [3.63, 3.8) is 0 Å². The molecule has 1 rings (SSSR count). The highest BCUT2D eigenvalue weighted by molar-refractivity contribution is 5.82. The predicted octanol–water partition coefficient (Wildman–Crippen LogP) is 1.13. The van der Waals surface area contributed by atoms with Gasteiger partial charge in [-0.3, -0.25) is 9.80 Å². The summed E-state index contributed by atoms with van der Waals surface area (Å²) in [5.41, 5.74) is 0.900. The Kier molecular flexibility index (Phi) is 3.68. The van der Waals surface area contributed by atoms with Gasteiger partial charge in [0.25, 0.3) is 0 Å². The monoisotopic (exact) mass is 208 g/mol. The van der Waals surface area contributed by atoms with Crippen molar-refractivity contribution in [3.8, 4) is 5.75 Å². The Morgan fingerprint density at radius 3 is 2.73 bits per heavy atom. The number of nitrogens with two attached hydrogens (primary N) is 1. The van der Waals surface area contributed by atoms with Crippen LogP contribution in [0, 0.1) is 0 Å². The van der Waals surface area contributed by atoms with Gasteiger partial charge in [-0.1, -0.05) is 12.1 Å². The number of benzene rings is 1. The summed E-state index contributed by atoms with van der Waals surface area (Å²) in [5.74, 6) is 5.76. The van der Waals surface area contributed by atoms with Crippen molar-refractivity contribution in [2.75, 3.05) is 14.2 Å². The van der Waals surface area contributed by atoms with Gasteiger partial charge in [-0.25, -0.2) is 5.84 Å². The van der Waals surface area contributed by atoms with Crippen LogP contribution in [0.15, 0.2) is 24.3 Å². The zero-order valence-corrected chi connectivity index (χ0v) is 9.23. The van der Waals surface area contributed by atoms with Gasteiger partial charge in [-0.2, -0.15) is 0 Å². The van der Waals surface area contributed by atoms with E-state index < -0.39 is 0 Å². The summed E-state index contributed by atoms with van der Waals surface area (Å²) in [6.07, 6.45) is 0. The Morgan fingerprint density at radius 1 is 1.53 bits per heavy atom. The molecule has 0 radical (unpaired) electrons. The summed E-state index contributed by atoms with van der Waals surface area (Å²) in [6.45, 7) is 1.82. The topological polar surface area (TPSA) is 55.6 Å². The average molecular weight is 208 g/mol. The van der Waals surface area contributed by atoms with Gasteiger partial charge in [-0.05, 0) is 24.6 Å². The molecule has 1 amide bonds. The number of rotatable bonds is 3. The molecule has 0 aliphatic carbocycles. The molecule has 82 valence electrons. The second-order valence-electron chi connectivity index (χ2n) is 3.45. The van der Waals surface area contributed by atoms with Crippen LogP contribution in [0.2, 0.25) is 0 Å². The second-order valence-corrected chi connectivity index (χ2v) is 3.45. The fourth-order valence-corrected chi connectivity index (χ4v) is 1.36. The molecule has 0 aromatic heterocycles. The minimum absolute atomic E-state index is 0.122. The minimum Gasteiger partial charge on any atom is -0.497 e. The fourth-order valence-electron chi connectivity index (χ4n) is 1.36. The van der Waals surface area contributed by atoms with Crippen LogP contribution in [-0.2, 0) is 4.79 Å². The highest BCUT2D eigenvalue weighted by Gasteiger charge is 2.17. The Hall–Kier alpha value is -1.55. The van der Waals surface area contributed by atoms with E-state index in [-0.39, 0.29) is 11.8 Å². The molecule has 0 bridgehead atoms. The lowest BCUT2D eigenvalue weighted by molar-refractivity contribution is -0.131. The van der Waals surface area contributed by atoms with E-state index in [1.54, 1.807) is 14.2 Å². The molecule has 1 atom stereocenters. The van der Waals surface area contributed by atoms with Crippen molar-refractivity contribution in [2.24, 2.45) is 5.84 Å². The molecule has 0 saturated carbocycles. The number of hydrogen-bond acceptors (Lipinski definition) is 3. The van der Waals surface area contributed by atoms with Gasteiger partial charge < -0.3 is 4.74 Å². The fraction of sp³-hybridized carbons (Fsp3) is 0.364. The maximum absolute atomic E-state index is 11.6. The van der Waals surface area contributed by atoms with Crippen LogP contribution >= 0.6 is 0 Å². The molecule has 0 aliphatic heterocycles. The summed E-state index contributed by atoms with van der Waals surface area (Å²) >= 11 is 0. The first kappa shape index (κ1) is 11.5. The summed E-state index contributed by atoms with van der Waals surface area (Å²) in [7, 11) is 3.14. The molecule has 15 heavy (non-hydrogen) atoms. The lowest BCUT2D eigenvalue weighted by Crippen LogP contribution is -2.36. The van der Waals surface area contributed by atoms with Gasteiger partial charge in [0.15, 0.2) is 0 Å². The number of carbonyl (C=O) groups excluding carboxylic acids is 1. The Bertz CT molecular complexity index is 350. The lowest BCUT2D eigenvalue weighted by atomic mass is 10.00. The molecule has 1 aromatic rings. The number of carbonyl (C=O) groups is 1. The van der Waals surface area contributed by atoms with Crippen LogP contribution < -0.4 is 10.6 Å². The molecule has 1 unspecified atom stereocenters. The van der Waals surface area contributed by atoms with Crippen LogP contribution in [0.4, 0.5) is 0 Å². The van der Waals surface area contributed by atoms with Crippen molar-refractivity contribution >= 4 is 5.91 Å². The quantitative estimate of drug-likeness (QED) is 0.460. The van der Waals surface area contributed by atoms with Crippen molar-refractivity contribution in [2.45, 2.75) is 12.8 Å². The van der Waals surface area contributed by atoms with Gasteiger partial charge in [0.05, 0.1) is 13.0 Å². The molecule has 0 heterocycles. The molecule has 1 aromatic carbocycles. The van der Waals surface area contributed by atoms with Crippen molar-refractivity contribution in [1.29, 1.82) is 0 Å². The van der Waals surface area contributed by atoms with Crippen molar-refractivity contribution in [3.05, 3.63) is 29.8 Å². The SMILES string of the molecule is COc1cccc(C(C)C(=O)N(C)N)c1. The number of methoxy groups -OCH3 is 1. The van der Waals surface area contributed by atoms with Gasteiger partial charge >= 0.3 is 0 Å². The van der Waals surface area contributed by atoms with Crippen LogP contribution in [0.25, 0.3) is 0 Å². The summed E-state index contributed by atoms with van der Waals surface area (Å²) in [5, 5.41) is 1.10. The predicted molar refractivity (Wildman–Crippen MR) is 58.4 cm³/mol. The highest BCUT2D eigenvalue weighted by atomic mass is 16.5. The molecular weight excluding hydrogens is 192 g/mol. The van der Waals surface area contributed by atoms with Gasteiger partial charge in [-0.15, -0.1) is 0 Å². The Balaban J connectivity index is 2.90. The molecule has 0 fully saturated rings. The number of hydrazine groups is 1. The average Bonchev–Trinajstić information content (AvgIpc) is 2.27. The standard InChI is InChI=1S/C11H16N2O2/c1-8(11(14)13(2)12)9-5-4-6-10(7-9)15-3/h4-8H,12H2,1-3H3. The zero-order chi connectivity index (χ0) is 11.4. The van der Waals surface area contributed by atoms with E-state index in [1.165, 1.54) is 0 Å². The minimum atomic E-state index is -0.255. The first-order valence-corrected chi connectivity index (χ1v) is 4.72. The van der Waals surface area contributed by atoms with E-state index >= 15 is 0 Å². The maximum atomic E-state index is 11.6. The summed E-state index contributed by atoms with van der Waals surface area (Å²) in [4.78, 5) is 11.6. The van der Waals surface area contributed by atoms with Gasteiger partial charge in [0, 0.05) is 7.05 Å². The van der Waals surface area contributed by atoms with E-state index in [1.807, 2.05) is 31.2 Å². The molecule has 0 aliphatic rings. The van der Waals surface area contributed by atoms with Gasteiger partial charge in [0.2, 0.25) is 5.91 Å². The third-order valence-electron chi connectivity index (χ3n) is 2.31. The Morgan fingerprint density at radius 2 is 2.20 bits per heavy atom. The van der Waals surface area contributed by atoms with Crippen molar-refractivity contribution in [1.82, 2.24) is 5.01 Å². The first-order chi connectivity index (χ1) is 7.06. The van der Waals surface area contributed by atoms with Crippen LogP contribution in [-0.4, -0.2) is 25.1 Å². The molecule has 4 nitrogen and oxygen atoms in total. The van der Waals surface area contributed by atoms with Crippen LogP contribution in [0.5, 0.6) is 5.75 Å². The molecule has 4 heteroatoms. The smallest absolute Gasteiger partial charge is 0.243 e. The van der Waals surface area contributed by atoms with E-state index in [0.29, 0.717) is 0 Å². The zero-order valence-electron chi connectivity index (χ0n) is 9.23. The molecular formula is C11H16N2O2. The summed E-state index contributed by atoms with van der Waals surface area (Å²) in [6, 6.07) is 7.42. The van der Waals surface area contributed by atoms with E-state index in [4.69, 9.17) is 10.6 Å². The number of amides is 1. The Labute approximate surface area is 89.6 Å². The third-order valence-corrected chi connectivity index (χ3v) is 2.31. The number of nitrogens with zero attached hydrogens (tertiary/aromatic N) is 1. The maximum Gasteiger partial charge on any atom is 0.243 e. The van der Waals surface area contributed by atoms with E-state index in [0.717, 1.165) is 16.3 Å². The van der Waals surface area contributed by atoms with E-state index in [9.17, 15) is 4.79 Å². The lowest BCUT2D eigenvalue weighted by Gasteiger charge is -2.16. The first-order valence-electron chi connectivity index (χ1n) is 4.72. The molecule has 0 spiro atoms. The van der Waals surface area contributed by atoms with Crippen LogP contribution in [0.3, 0.4) is 0 Å². The van der Waals surface area contributed by atoms with E-state index in [2.05, 4.69) is 0 Å². The largest absolute Gasteiger partial charge is 0.497 e. The van der Waals surface area contributed by atoms with Crippen molar-refractivity contribution < 1.29 is 9.53 Å². The number of hydrogen-bond donors (Lipinski definition) is 1. The molecule has 0 saturated heterocycles. The number of likely N-dealkylation sites (N-methyl/N-ethyl adjacent to an activating group) is 1. The molecule has 2 N–H and O–H groups in total. The summed E-state index contributed by atoms with van der Waals surface area (Å²) < 4.78 is 5.09. The highest BCUT2D eigenvalue weighted by Crippen LogP contribution is 2.21. The van der Waals surface area contributed by atoms with Gasteiger partial charge in [0.1, 0.15) is 5.75 Å². The second kappa shape index (κ2) is 4.79. The number of ether oxygens (including phenoxy) is 1.